The summed E-state index contributed by atoms with van der Waals surface area (Å²) in [7, 11) is -3.17. The minimum absolute atomic E-state index is 0.112. The maximum atomic E-state index is 11.7. The Morgan fingerprint density at radius 2 is 1.64 bits per heavy atom. The Morgan fingerprint density at radius 3 is 2.33 bits per heavy atom. The Hall–Kier alpha value is -2.83. The van der Waals surface area contributed by atoms with Crippen LogP contribution in [0.15, 0.2) is 83.8 Å². The molecule has 0 aromatic heterocycles. The van der Waals surface area contributed by atoms with Crippen molar-refractivity contribution >= 4 is 15.5 Å². The minimum atomic E-state index is -3.17. The van der Waals surface area contributed by atoms with Gasteiger partial charge in [0.05, 0.1) is 11.4 Å². The van der Waals surface area contributed by atoms with Crippen molar-refractivity contribution < 1.29 is 13.2 Å². The fourth-order valence-electron chi connectivity index (χ4n) is 4.25. The van der Waals surface area contributed by atoms with Gasteiger partial charge in [0.2, 0.25) is 0 Å². The van der Waals surface area contributed by atoms with Crippen LogP contribution >= 0.6 is 0 Å². The number of hydrogen-bond donors (Lipinski definition) is 0. The lowest BCUT2D eigenvalue weighted by molar-refractivity contribution is 0.224. The van der Waals surface area contributed by atoms with Crippen molar-refractivity contribution in [3.05, 3.63) is 90.0 Å². The molecule has 174 valence electrons. The van der Waals surface area contributed by atoms with Gasteiger partial charge in [-0.3, -0.25) is 4.90 Å². The zero-order valence-corrected chi connectivity index (χ0v) is 20.2. The van der Waals surface area contributed by atoms with Crippen molar-refractivity contribution in [1.29, 1.82) is 0 Å². The standard InChI is InChI=1S/C27H32N2O3S/c1-3-28(19-22-8-5-4-6-9-22)20-23-10-7-11-25(18-23)32-26-16-17-29(21-26)24-12-14-27(15-13-24)33(2,30)31/h4-15,18,26H,3,16-17,19-21H2,1-2H3/t26-/m0/s1. The summed E-state index contributed by atoms with van der Waals surface area (Å²) in [4.78, 5) is 5.02. The van der Waals surface area contributed by atoms with E-state index in [1.165, 1.54) is 17.4 Å². The number of ether oxygens (including phenoxy) is 1. The first kappa shape index (κ1) is 23.3. The van der Waals surface area contributed by atoms with Crippen molar-refractivity contribution in [2.24, 2.45) is 0 Å². The molecular weight excluding hydrogens is 432 g/mol. The zero-order valence-electron chi connectivity index (χ0n) is 19.4. The molecule has 0 N–H and O–H groups in total. The molecule has 0 bridgehead atoms. The molecule has 1 aliphatic rings. The third kappa shape index (κ3) is 6.36. The lowest BCUT2D eigenvalue weighted by Gasteiger charge is -2.22. The smallest absolute Gasteiger partial charge is 0.175 e. The van der Waals surface area contributed by atoms with Crippen molar-refractivity contribution in [2.75, 3.05) is 30.8 Å². The Labute approximate surface area is 197 Å². The van der Waals surface area contributed by atoms with Crippen molar-refractivity contribution in [3.8, 4) is 5.75 Å². The van der Waals surface area contributed by atoms with Gasteiger partial charge in [-0.2, -0.15) is 0 Å². The second kappa shape index (κ2) is 10.4. The highest BCUT2D eigenvalue weighted by Gasteiger charge is 2.24. The summed E-state index contributed by atoms with van der Waals surface area (Å²) in [6.07, 6.45) is 2.28. The first-order chi connectivity index (χ1) is 15.9. The van der Waals surface area contributed by atoms with Crippen LogP contribution in [0, 0.1) is 0 Å². The Balaban J connectivity index is 1.35. The molecule has 1 heterocycles. The van der Waals surface area contributed by atoms with Crippen LogP contribution in [0.1, 0.15) is 24.5 Å². The third-order valence-corrected chi connectivity index (χ3v) is 7.21. The average Bonchev–Trinajstić information content (AvgIpc) is 3.27. The molecule has 1 saturated heterocycles. The van der Waals surface area contributed by atoms with Gasteiger partial charge in [-0.05, 0) is 54.1 Å². The van der Waals surface area contributed by atoms with Crippen molar-refractivity contribution in [1.82, 2.24) is 4.90 Å². The van der Waals surface area contributed by atoms with E-state index in [1.807, 2.05) is 18.2 Å². The molecule has 3 aromatic rings. The van der Waals surface area contributed by atoms with Crippen molar-refractivity contribution in [3.63, 3.8) is 0 Å². The summed E-state index contributed by atoms with van der Waals surface area (Å²) in [5.41, 5.74) is 3.60. The highest BCUT2D eigenvalue weighted by atomic mass is 32.2. The average molecular weight is 465 g/mol. The summed E-state index contributed by atoms with van der Waals surface area (Å²) >= 11 is 0. The fourth-order valence-corrected chi connectivity index (χ4v) is 4.88. The summed E-state index contributed by atoms with van der Waals surface area (Å²) in [6.45, 7) is 6.67. The number of benzene rings is 3. The number of hydrogen-bond acceptors (Lipinski definition) is 5. The molecule has 33 heavy (non-hydrogen) atoms. The van der Waals surface area contributed by atoms with Gasteiger partial charge in [0.1, 0.15) is 11.9 Å². The van der Waals surface area contributed by atoms with E-state index < -0.39 is 9.84 Å². The predicted octanol–water partition coefficient (Wildman–Crippen LogP) is 4.77. The molecule has 0 unspecified atom stereocenters. The van der Waals surface area contributed by atoms with Gasteiger partial charge in [-0.1, -0.05) is 49.4 Å². The van der Waals surface area contributed by atoms with Gasteiger partial charge >= 0.3 is 0 Å². The van der Waals surface area contributed by atoms with Crippen LogP contribution < -0.4 is 9.64 Å². The number of rotatable bonds is 9. The van der Waals surface area contributed by atoms with Gasteiger partial charge in [0, 0.05) is 38.0 Å². The molecule has 3 aromatic carbocycles. The Bertz CT molecular complexity index is 1150. The summed E-state index contributed by atoms with van der Waals surface area (Å²) in [6, 6.07) is 26.1. The Morgan fingerprint density at radius 1 is 0.939 bits per heavy atom. The summed E-state index contributed by atoms with van der Waals surface area (Å²) in [5.74, 6) is 0.905. The van der Waals surface area contributed by atoms with Crippen LogP contribution in [0.5, 0.6) is 5.75 Å². The molecule has 0 amide bonds. The minimum Gasteiger partial charge on any atom is -0.489 e. The molecule has 1 aliphatic heterocycles. The van der Waals surface area contributed by atoms with E-state index in [0.29, 0.717) is 4.90 Å². The maximum Gasteiger partial charge on any atom is 0.175 e. The first-order valence-corrected chi connectivity index (χ1v) is 13.4. The Kier molecular flexibility index (Phi) is 7.36. The second-order valence-electron chi connectivity index (χ2n) is 8.68. The number of anilines is 1. The number of sulfone groups is 1. The normalized spacial score (nSPS) is 16.3. The number of nitrogens with zero attached hydrogens (tertiary/aromatic N) is 2. The largest absolute Gasteiger partial charge is 0.489 e. The monoisotopic (exact) mass is 464 g/mol. The molecule has 1 atom stereocenters. The van der Waals surface area contributed by atoms with Gasteiger partial charge in [-0.25, -0.2) is 8.42 Å². The van der Waals surface area contributed by atoms with Gasteiger partial charge in [0.15, 0.2) is 9.84 Å². The lowest BCUT2D eigenvalue weighted by Crippen LogP contribution is -2.24. The van der Waals surface area contributed by atoms with Crippen LogP contribution in [0.4, 0.5) is 5.69 Å². The molecule has 0 aliphatic carbocycles. The molecule has 0 saturated carbocycles. The molecule has 0 spiro atoms. The fraction of sp³-hybridized carbons (Fsp3) is 0.333. The quantitative estimate of drug-likeness (QED) is 0.457. The lowest BCUT2D eigenvalue weighted by atomic mass is 10.1. The predicted molar refractivity (Wildman–Crippen MR) is 133 cm³/mol. The van der Waals surface area contributed by atoms with Gasteiger partial charge < -0.3 is 9.64 Å². The molecule has 4 rings (SSSR count). The molecule has 0 radical (unpaired) electrons. The highest BCUT2D eigenvalue weighted by molar-refractivity contribution is 7.90. The van der Waals surface area contributed by atoms with E-state index in [-0.39, 0.29) is 6.10 Å². The van der Waals surface area contributed by atoms with Crippen LogP contribution in [0.25, 0.3) is 0 Å². The topological polar surface area (TPSA) is 49.9 Å². The molecule has 5 nitrogen and oxygen atoms in total. The van der Waals surface area contributed by atoms with E-state index in [0.717, 1.165) is 50.6 Å². The molecule has 1 fully saturated rings. The SMILES string of the molecule is CCN(Cc1ccccc1)Cc1cccc(O[C@H]2CCN(c3ccc(S(C)(=O)=O)cc3)C2)c1. The van der Waals surface area contributed by atoms with Crippen LogP contribution in [0.3, 0.4) is 0 Å². The zero-order chi connectivity index (χ0) is 23.3. The second-order valence-corrected chi connectivity index (χ2v) is 10.7. The van der Waals surface area contributed by atoms with E-state index in [4.69, 9.17) is 4.74 Å². The van der Waals surface area contributed by atoms with E-state index in [2.05, 4.69) is 65.3 Å². The maximum absolute atomic E-state index is 11.7. The highest BCUT2D eigenvalue weighted by Crippen LogP contribution is 2.25. The van der Waals surface area contributed by atoms with Gasteiger partial charge in [0.25, 0.3) is 0 Å². The van der Waals surface area contributed by atoms with Crippen LogP contribution in [-0.2, 0) is 22.9 Å². The van der Waals surface area contributed by atoms with E-state index in [1.54, 1.807) is 12.1 Å². The summed E-state index contributed by atoms with van der Waals surface area (Å²) in [5, 5.41) is 0. The van der Waals surface area contributed by atoms with Crippen LogP contribution in [-0.4, -0.2) is 45.3 Å². The first-order valence-electron chi connectivity index (χ1n) is 11.5. The molecular formula is C27H32N2O3S. The van der Waals surface area contributed by atoms with E-state index in [9.17, 15) is 8.42 Å². The third-order valence-electron chi connectivity index (χ3n) is 6.08. The van der Waals surface area contributed by atoms with Gasteiger partial charge in [-0.15, -0.1) is 0 Å². The van der Waals surface area contributed by atoms with Crippen molar-refractivity contribution in [2.45, 2.75) is 37.4 Å². The summed E-state index contributed by atoms with van der Waals surface area (Å²) < 4.78 is 29.7. The van der Waals surface area contributed by atoms with E-state index >= 15 is 0 Å². The molecule has 6 heteroatoms. The van der Waals surface area contributed by atoms with Crippen LogP contribution in [0.2, 0.25) is 0 Å².